The number of quaternary nitrogens is 1. The van der Waals surface area contributed by atoms with E-state index in [1.165, 1.54) is 116 Å². The number of hydrogen-bond acceptors (Lipinski definition) is 4. The highest BCUT2D eigenvalue weighted by molar-refractivity contribution is 7.45. The first-order chi connectivity index (χ1) is 17.5. The number of nitrogens with zero attached hydrogens (tertiary/aromatic N) is 1. The smallest absolute Gasteiger partial charge is 0.268 e. The molecule has 36 heavy (non-hydrogen) atoms. The van der Waals surface area contributed by atoms with E-state index in [-0.39, 0.29) is 13.2 Å². The van der Waals surface area contributed by atoms with E-state index in [1.54, 1.807) is 0 Å². The maximum Gasteiger partial charge on any atom is 0.268 e. The van der Waals surface area contributed by atoms with Crippen LogP contribution in [0.15, 0.2) is 12.2 Å². The number of hydrogen-bond donors (Lipinski definition) is 0. The maximum absolute atomic E-state index is 12.0. The predicted octanol–water partition coefficient (Wildman–Crippen LogP) is 8.72. The fourth-order valence-electron chi connectivity index (χ4n) is 5.14. The summed E-state index contributed by atoms with van der Waals surface area (Å²) >= 11 is 0. The molecule has 0 amide bonds. The molecule has 6 heteroatoms. The van der Waals surface area contributed by atoms with Gasteiger partial charge in [-0.25, -0.2) is 0 Å². The Kier molecular flexibility index (Phi) is 21.4. The molecule has 1 unspecified atom stereocenters. The summed E-state index contributed by atoms with van der Waals surface area (Å²) in [4.78, 5) is 12.0. The van der Waals surface area contributed by atoms with E-state index in [0.29, 0.717) is 0 Å². The third-order valence-electron chi connectivity index (χ3n) is 7.68. The average Bonchev–Trinajstić information content (AvgIpc) is 2.85. The zero-order chi connectivity index (χ0) is 26.2. The quantitative estimate of drug-likeness (QED) is 0.0513. The monoisotopic (exact) mass is 529 g/mol. The zero-order valence-corrected chi connectivity index (χ0v) is 25.0. The lowest BCUT2D eigenvalue weighted by Crippen LogP contribution is -2.49. The Bertz CT molecular complexity index is 563. The summed E-state index contributed by atoms with van der Waals surface area (Å²) in [5, 5.41) is 0. The molecule has 0 aromatic carbocycles. The number of unbranched alkanes of at least 4 members (excludes halogenated alkanes) is 16. The van der Waals surface area contributed by atoms with E-state index >= 15 is 0 Å². The molecule has 0 N–H and O–H groups in total. The van der Waals surface area contributed by atoms with Crippen molar-refractivity contribution in [2.45, 2.75) is 142 Å². The molecular formula is C30H60NO4P. The first-order valence-electron chi connectivity index (χ1n) is 15.6. The first kappa shape index (κ1) is 33.8. The van der Waals surface area contributed by atoms with Crippen LogP contribution in [0.5, 0.6) is 0 Å². The Morgan fingerprint density at radius 2 is 1.11 bits per heavy atom. The molecular weight excluding hydrogens is 469 g/mol. The molecule has 214 valence electrons. The molecule has 1 heterocycles. The Hall–Kier alpha value is -0.190. The Morgan fingerprint density at radius 3 is 1.64 bits per heavy atom. The van der Waals surface area contributed by atoms with Gasteiger partial charge in [-0.05, 0) is 51.4 Å². The summed E-state index contributed by atoms with van der Waals surface area (Å²) in [5.74, 6) is 0. The Morgan fingerprint density at radius 1 is 0.667 bits per heavy atom. The van der Waals surface area contributed by atoms with Crippen molar-refractivity contribution in [2.24, 2.45) is 0 Å². The van der Waals surface area contributed by atoms with Gasteiger partial charge in [-0.15, -0.1) is 0 Å². The molecule has 1 atom stereocenters. The minimum atomic E-state index is -4.15. The van der Waals surface area contributed by atoms with Crippen LogP contribution in [0.1, 0.15) is 142 Å². The SMILES string of the molecule is CCCCCCCC/C=C\CCCCCCCCCCCCOP(=O)([O-])OCC[N+]1(C)CCCCC1. The van der Waals surface area contributed by atoms with Crippen LogP contribution in [0.25, 0.3) is 0 Å². The minimum absolute atomic E-state index is 0.229. The van der Waals surface area contributed by atoms with Gasteiger partial charge in [0, 0.05) is 0 Å². The van der Waals surface area contributed by atoms with Crippen molar-refractivity contribution in [1.29, 1.82) is 0 Å². The molecule has 0 saturated carbocycles. The highest BCUT2D eigenvalue weighted by Gasteiger charge is 2.25. The number of likely N-dealkylation sites (tertiary alicyclic amines) is 1. The van der Waals surface area contributed by atoms with Crippen LogP contribution in [0, 0.1) is 0 Å². The molecule has 0 aliphatic carbocycles. The number of phosphoric acid groups is 1. The largest absolute Gasteiger partial charge is 0.756 e. The molecule has 0 aromatic rings. The summed E-state index contributed by atoms with van der Waals surface area (Å²) in [7, 11) is -1.96. The molecule has 0 radical (unpaired) electrons. The van der Waals surface area contributed by atoms with Crippen molar-refractivity contribution >= 4 is 7.82 Å². The number of piperidine rings is 1. The lowest BCUT2D eigenvalue weighted by molar-refractivity contribution is -0.914. The van der Waals surface area contributed by atoms with Crippen LogP contribution in [0.2, 0.25) is 0 Å². The third kappa shape index (κ3) is 20.8. The van der Waals surface area contributed by atoms with Crippen molar-refractivity contribution in [1.82, 2.24) is 0 Å². The van der Waals surface area contributed by atoms with Crippen LogP contribution in [0.4, 0.5) is 0 Å². The zero-order valence-electron chi connectivity index (χ0n) is 24.1. The summed E-state index contributed by atoms with van der Waals surface area (Å²) in [5.41, 5.74) is 0. The highest BCUT2D eigenvalue weighted by atomic mass is 31.2. The fraction of sp³-hybridized carbons (Fsp3) is 0.933. The molecule has 0 spiro atoms. The van der Waals surface area contributed by atoms with E-state index in [0.717, 1.165) is 43.4 Å². The summed E-state index contributed by atoms with van der Waals surface area (Å²) < 4.78 is 23.0. The molecule has 1 aliphatic rings. The molecule has 1 aliphatic heterocycles. The molecule has 5 nitrogen and oxygen atoms in total. The summed E-state index contributed by atoms with van der Waals surface area (Å²) in [6.07, 6.45) is 31.6. The lowest BCUT2D eigenvalue weighted by Gasteiger charge is -2.38. The highest BCUT2D eigenvalue weighted by Crippen LogP contribution is 2.38. The molecule has 0 bridgehead atoms. The first-order valence-corrected chi connectivity index (χ1v) is 17.0. The van der Waals surface area contributed by atoms with Crippen LogP contribution >= 0.6 is 7.82 Å². The van der Waals surface area contributed by atoms with Gasteiger partial charge in [0.15, 0.2) is 0 Å². The van der Waals surface area contributed by atoms with Gasteiger partial charge >= 0.3 is 0 Å². The molecule has 1 saturated heterocycles. The van der Waals surface area contributed by atoms with E-state index in [2.05, 4.69) is 26.1 Å². The van der Waals surface area contributed by atoms with Gasteiger partial charge in [0.2, 0.25) is 0 Å². The Balaban J connectivity index is 1.80. The van der Waals surface area contributed by atoms with E-state index < -0.39 is 7.82 Å². The van der Waals surface area contributed by atoms with Crippen molar-refractivity contribution in [3.8, 4) is 0 Å². The van der Waals surface area contributed by atoms with Crippen LogP contribution in [-0.4, -0.2) is 44.4 Å². The van der Waals surface area contributed by atoms with Gasteiger partial charge in [0.25, 0.3) is 7.82 Å². The van der Waals surface area contributed by atoms with Crippen molar-refractivity contribution in [3.05, 3.63) is 12.2 Å². The lowest BCUT2D eigenvalue weighted by atomic mass is 10.1. The van der Waals surface area contributed by atoms with Crippen LogP contribution in [-0.2, 0) is 13.6 Å². The van der Waals surface area contributed by atoms with Gasteiger partial charge in [0.1, 0.15) is 13.2 Å². The van der Waals surface area contributed by atoms with Gasteiger partial charge in [-0.3, -0.25) is 4.57 Å². The predicted molar refractivity (Wildman–Crippen MR) is 152 cm³/mol. The van der Waals surface area contributed by atoms with Crippen LogP contribution in [0.3, 0.4) is 0 Å². The van der Waals surface area contributed by atoms with Crippen molar-refractivity contribution in [2.75, 3.05) is 39.9 Å². The Labute approximate surface area is 224 Å². The second kappa shape index (κ2) is 22.8. The van der Waals surface area contributed by atoms with Gasteiger partial charge in [-0.1, -0.05) is 103 Å². The number of allylic oxidation sites excluding steroid dienone is 2. The molecule has 1 fully saturated rings. The van der Waals surface area contributed by atoms with E-state index in [9.17, 15) is 9.46 Å². The maximum atomic E-state index is 12.0. The minimum Gasteiger partial charge on any atom is -0.756 e. The van der Waals surface area contributed by atoms with E-state index in [4.69, 9.17) is 9.05 Å². The normalized spacial score (nSPS) is 17.5. The third-order valence-corrected chi connectivity index (χ3v) is 8.68. The molecule has 0 aromatic heterocycles. The van der Waals surface area contributed by atoms with Crippen LogP contribution < -0.4 is 4.89 Å². The standard InChI is InChI=1S/C30H60NO4P/c1-3-4-5-6-7-8-9-10-11-12-13-14-15-16-17-18-19-20-21-25-29-34-36(32,33)35-30-28-31(2)26-23-22-24-27-31/h10-11H,3-9,12-30H2,1-2H3/b11-10-. The number of phosphoric ester groups is 1. The number of rotatable bonds is 25. The fourth-order valence-corrected chi connectivity index (χ4v) is 5.88. The number of likely N-dealkylation sites (N-methyl/N-ethyl adjacent to an activating group) is 1. The van der Waals surface area contributed by atoms with Crippen molar-refractivity contribution < 1.29 is 23.0 Å². The van der Waals surface area contributed by atoms with Gasteiger partial charge in [-0.2, -0.15) is 0 Å². The second-order valence-electron chi connectivity index (χ2n) is 11.3. The summed E-state index contributed by atoms with van der Waals surface area (Å²) in [6.45, 7) is 5.73. The van der Waals surface area contributed by atoms with Gasteiger partial charge in [0.05, 0.1) is 26.7 Å². The molecule has 1 rings (SSSR count). The van der Waals surface area contributed by atoms with Crippen molar-refractivity contribution in [3.63, 3.8) is 0 Å². The van der Waals surface area contributed by atoms with E-state index in [1.807, 2.05) is 0 Å². The average molecular weight is 530 g/mol. The summed E-state index contributed by atoms with van der Waals surface area (Å²) in [6, 6.07) is 0. The van der Waals surface area contributed by atoms with Gasteiger partial charge < -0.3 is 18.4 Å². The topological polar surface area (TPSA) is 58.6 Å². The second-order valence-corrected chi connectivity index (χ2v) is 12.7.